The molecule has 4 nitrogen and oxygen atoms in total. The molecule has 1 aromatic rings. The Hall–Kier alpha value is -1.55. The summed E-state index contributed by atoms with van der Waals surface area (Å²) >= 11 is 5.42. The molecule has 0 saturated carbocycles. The minimum Gasteiger partial charge on any atom is -0.497 e. The van der Waals surface area contributed by atoms with Crippen LogP contribution in [0.25, 0.3) is 0 Å². The van der Waals surface area contributed by atoms with Crippen LogP contribution in [0.3, 0.4) is 0 Å². The SMILES string of the molecule is COc1cccc(N2C[C@@H](C(=O)Cl)CC2=O)c1. The molecule has 1 aliphatic heterocycles. The van der Waals surface area contributed by atoms with Crippen molar-refractivity contribution < 1.29 is 14.3 Å². The lowest BCUT2D eigenvalue weighted by atomic mass is 10.1. The van der Waals surface area contributed by atoms with Crippen molar-refractivity contribution >= 4 is 28.4 Å². The van der Waals surface area contributed by atoms with Crippen LogP contribution in [0.2, 0.25) is 0 Å². The standard InChI is InChI=1S/C12H12ClNO3/c1-17-10-4-2-3-9(6-10)14-7-8(12(13)16)5-11(14)15/h2-4,6,8H,5,7H2,1H3/t8-/m0/s1. The Labute approximate surface area is 104 Å². The van der Waals surface area contributed by atoms with Crippen molar-refractivity contribution in [3.63, 3.8) is 0 Å². The number of halogens is 1. The summed E-state index contributed by atoms with van der Waals surface area (Å²) in [6, 6.07) is 7.17. The summed E-state index contributed by atoms with van der Waals surface area (Å²) in [6.07, 6.45) is 0.180. The van der Waals surface area contributed by atoms with E-state index in [1.54, 1.807) is 30.2 Å². The number of amides is 1. The lowest BCUT2D eigenvalue weighted by molar-refractivity contribution is -0.120. The van der Waals surface area contributed by atoms with E-state index >= 15 is 0 Å². The van der Waals surface area contributed by atoms with Gasteiger partial charge in [-0.25, -0.2) is 0 Å². The molecule has 0 aromatic heterocycles. The number of nitrogens with zero attached hydrogens (tertiary/aromatic N) is 1. The van der Waals surface area contributed by atoms with Gasteiger partial charge >= 0.3 is 0 Å². The maximum absolute atomic E-state index is 11.8. The quantitative estimate of drug-likeness (QED) is 0.772. The zero-order valence-corrected chi connectivity index (χ0v) is 10.1. The molecule has 0 N–H and O–H groups in total. The summed E-state index contributed by atoms with van der Waals surface area (Å²) in [6.45, 7) is 0.342. The van der Waals surface area contributed by atoms with Crippen molar-refractivity contribution in [2.24, 2.45) is 5.92 Å². The predicted octanol–water partition coefficient (Wildman–Crippen LogP) is 1.81. The van der Waals surface area contributed by atoms with Crippen LogP contribution in [0.4, 0.5) is 5.69 Å². The lowest BCUT2D eigenvalue weighted by Crippen LogP contribution is -2.25. The second-order valence-corrected chi connectivity index (χ2v) is 4.28. The molecule has 1 fully saturated rings. The van der Waals surface area contributed by atoms with Gasteiger partial charge in [0.15, 0.2) is 0 Å². The molecule has 0 radical (unpaired) electrons. The molecule has 1 atom stereocenters. The molecule has 0 aliphatic carbocycles. The van der Waals surface area contributed by atoms with Crippen LogP contribution in [-0.4, -0.2) is 24.8 Å². The second-order valence-electron chi connectivity index (χ2n) is 3.91. The van der Waals surface area contributed by atoms with E-state index in [4.69, 9.17) is 16.3 Å². The van der Waals surface area contributed by atoms with Gasteiger partial charge in [-0.15, -0.1) is 0 Å². The highest BCUT2D eigenvalue weighted by atomic mass is 35.5. The Morgan fingerprint density at radius 2 is 2.29 bits per heavy atom. The topological polar surface area (TPSA) is 46.6 Å². The molecule has 1 aliphatic rings. The Bertz CT molecular complexity index is 461. The fourth-order valence-corrected chi connectivity index (χ4v) is 2.03. The van der Waals surface area contributed by atoms with Gasteiger partial charge in [-0.05, 0) is 23.7 Å². The van der Waals surface area contributed by atoms with Crippen molar-refractivity contribution in [1.82, 2.24) is 0 Å². The molecule has 90 valence electrons. The molecule has 17 heavy (non-hydrogen) atoms. The number of ether oxygens (including phenoxy) is 1. The first kappa shape index (κ1) is 11.9. The van der Waals surface area contributed by atoms with Gasteiger partial charge in [-0.2, -0.15) is 0 Å². The summed E-state index contributed by atoms with van der Waals surface area (Å²) in [5.74, 6) is 0.184. The first-order chi connectivity index (χ1) is 8.11. The number of carbonyl (C=O) groups is 2. The van der Waals surface area contributed by atoms with Crippen LogP contribution in [0.15, 0.2) is 24.3 Å². The molecule has 2 rings (SSSR count). The van der Waals surface area contributed by atoms with Crippen molar-refractivity contribution in [2.75, 3.05) is 18.6 Å². The molecule has 5 heteroatoms. The number of carbonyl (C=O) groups excluding carboxylic acids is 2. The van der Waals surface area contributed by atoms with Crippen LogP contribution >= 0.6 is 11.6 Å². The minimum absolute atomic E-state index is 0.0859. The van der Waals surface area contributed by atoms with Crippen molar-refractivity contribution in [3.05, 3.63) is 24.3 Å². The molecular weight excluding hydrogens is 242 g/mol. The number of benzene rings is 1. The van der Waals surface area contributed by atoms with Crippen molar-refractivity contribution in [2.45, 2.75) is 6.42 Å². The fourth-order valence-electron chi connectivity index (χ4n) is 1.89. The van der Waals surface area contributed by atoms with Crippen LogP contribution in [-0.2, 0) is 9.59 Å². The van der Waals surface area contributed by atoms with Gasteiger partial charge in [0.1, 0.15) is 5.75 Å². The summed E-state index contributed by atoms with van der Waals surface area (Å²) in [5, 5.41) is -0.455. The van der Waals surface area contributed by atoms with Gasteiger partial charge in [0.05, 0.1) is 13.0 Å². The van der Waals surface area contributed by atoms with E-state index in [-0.39, 0.29) is 12.3 Å². The minimum atomic E-state index is -0.455. The normalized spacial score (nSPS) is 19.5. The Morgan fingerprint density at radius 1 is 1.53 bits per heavy atom. The number of anilines is 1. The van der Waals surface area contributed by atoms with E-state index < -0.39 is 11.2 Å². The highest BCUT2D eigenvalue weighted by molar-refractivity contribution is 6.64. The Kier molecular flexibility index (Phi) is 3.33. The number of hydrogen-bond donors (Lipinski definition) is 0. The van der Waals surface area contributed by atoms with Crippen LogP contribution in [0.1, 0.15) is 6.42 Å². The zero-order chi connectivity index (χ0) is 12.4. The Morgan fingerprint density at radius 3 is 2.88 bits per heavy atom. The fraction of sp³-hybridized carbons (Fsp3) is 0.333. The van der Waals surface area contributed by atoms with E-state index in [2.05, 4.69) is 0 Å². The highest BCUT2D eigenvalue weighted by Crippen LogP contribution is 2.28. The largest absolute Gasteiger partial charge is 0.497 e. The summed E-state index contributed by atoms with van der Waals surface area (Å²) in [7, 11) is 1.57. The third-order valence-electron chi connectivity index (χ3n) is 2.81. The molecule has 1 saturated heterocycles. The van der Waals surface area contributed by atoms with E-state index in [0.29, 0.717) is 12.3 Å². The maximum atomic E-state index is 11.8. The lowest BCUT2D eigenvalue weighted by Gasteiger charge is -2.16. The smallest absolute Gasteiger partial charge is 0.227 e. The molecule has 1 heterocycles. The predicted molar refractivity (Wildman–Crippen MR) is 64.3 cm³/mol. The first-order valence-electron chi connectivity index (χ1n) is 5.25. The summed E-state index contributed by atoms with van der Waals surface area (Å²) in [5.41, 5.74) is 0.731. The third kappa shape index (κ3) is 2.42. The third-order valence-corrected chi connectivity index (χ3v) is 3.12. The molecule has 1 amide bonds. The van der Waals surface area contributed by atoms with Gasteiger partial charge in [-0.3, -0.25) is 9.59 Å². The second kappa shape index (κ2) is 4.75. The van der Waals surface area contributed by atoms with Gasteiger partial charge in [0.2, 0.25) is 11.1 Å². The van der Waals surface area contributed by atoms with Crippen molar-refractivity contribution in [3.8, 4) is 5.75 Å². The molecule has 0 spiro atoms. The average Bonchev–Trinajstić information content (AvgIpc) is 2.72. The van der Waals surface area contributed by atoms with Gasteiger partial charge in [-0.1, -0.05) is 6.07 Å². The number of hydrogen-bond acceptors (Lipinski definition) is 3. The summed E-state index contributed by atoms with van der Waals surface area (Å²) in [4.78, 5) is 24.4. The van der Waals surface area contributed by atoms with Gasteiger partial charge < -0.3 is 9.64 Å². The molecule has 1 aromatic carbocycles. The first-order valence-corrected chi connectivity index (χ1v) is 5.63. The van der Waals surface area contributed by atoms with Crippen LogP contribution < -0.4 is 9.64 Å². The maximum Gasteiger partial charge on any atom is 0.227 e. The van der Waals surface area contributed by atoms with Gasteiger partial charge in [0.25, 0.3) is 0 Å². The van der Waals surface area contributed by atoms with Crippen molar-refractivity contribution in [1.29, 1.82) is 0 Å². The molecule has 0 unspecified atom stereocenters. The monoisotopic (exact) mass is 253 g/mol. The van der Waals surface area contributed by atoms with Crippen LogP contribution in [0, 0.1) is 5.92 Å². The summed E-state index contributed by atoms with van der Waals surface area (Å²) < 4.78 is 5.09. The van der Waals surface area contributed by atoms with E-state index in [0.717, 1.165) is 5.69 Å². The van der Waals surface area contributed by atoms with Gasteiger partial charge in [0, 0.05) is 24.7 Å². The van der Waals surface area contributed by atoms with E-state index in [1.807, 2.05) is 6.07 Å². The molecular formula is C12H12ClNO3. The average molecular weight is 254 g/mol. The Balaban J connectivity index is 2.22. The number of methoxy groups -OCH3 is 1. The number of rotatable bonds is 3. The highest BCUT2D eigenvalue weighted by Gasteiger charge is 2.34. The zero-order valence-electron chi connectivity index (χ0n) is 9.35. The van der Waals surface area contributed by atoms with E-state index in [1.165, 1.54) is 0 Å². The van der Waals surface area contributed by atoms with Crippen LogP contribution in [0.5, 0.6) is 5.75 Å². The van der Waals surface area contributed by atoms with E-state index in [9.17, 15) is 9.59 Å². The molecule has 0 bridgehead atoms.